The van der Waals surface area contributed by atoms with Gasteiger partial charge in [-0.15, -0.1) is 0 Å². The van der Waals surface area contributed by atoms with Gasteiger partial charge in [-0.05, 0) is 17.7 Å². The highest BCUT2D eigenvalue weighted by Crippen LogP contribution is 2.30. The lowest BCUT2D eigenvalue weighted by molar-refractivity contribution is -0.117. The fraction of sp³-hybridized carbons (Fsp3) is 0.133. The monoisotopic (exact) mass is 308 g/mol. The summed E-state index contributed by atoms with van der Waals surface area (Å²) in [6.07, 6.45) is 0. The molecule has 1 unspecified atom stereocenters. The summed E-state index contributed by atoms with van der Waals surface area (Å²) < 4.78 is 0. The Kier molecular flexibility index (Phi) is 5.01. The van der Waals surface area contributed by atoms with Crippen molar-refractivity contribution >= 4 is 34.8 Å². The number of benzene rings is 2. The maximum atomic E-state index is 12.3. The van der Waals surface area contributed by atoms with E-state index >= 15 is 0 Å². The molecule has 0 bridgehead atoms. The van der Waals surface area contributed by atoms with Crippen LogP contribution >= 0.6 is 23.2 Å². The van der Waals surface area contributed by atoms with E-state index in [-0.39, 0.29) is 12.5 Å². The molecule has 3 N–H and O–H groups in total. The summed E-state index contributed by atoms with van der Waals surface area (Å²) in [5.74, 6) is -0.630. The minimum atomic E-state index is -0.425. The minimum absolute atomic E-state index is 0.206. The number of nitrogens with one attached hydrogen (secondary N) is 1. The zero-order valence-electron chi connectivity index (χ0n) is 10.6. The third kappa shape index (κ3) is 3.31. The summed E-state index contributed by atoms with van der Waals surface area (Å²) in [5.41, 5.74) is 7.06. The smallest absolute Gasteiger partial charge is 0.233 e. The molecule has 2 rings (SSSR count). The lowest BCUT2D eigenvalue weighted by Crippen LogP contribution is -2.27. The second-order valence-corrected chi connectivity index (χ2v) is 5.07. The van der Waals surface area contributed by atoms with Gasteiger partial charge >= 0.3 is 0 Å². The molecule has 0 aliphatic heterocycles. The zero-order chi connectivity index (χ0) is 14.5. The predicted molar refractivity (Wildman–Crippen MR) is 83.3 cm³/mol. The van der Waals surface area contributed by atoms with Gasteiger partial charge in [-0.3, -0.25) is 4.79 Å². The molecule has 0 heterocycles. The van der Waals surface area contributed by atoms with E-state index in [9.17, 15) is 4.79 Å². The number of hydrogen-bond donors (Lipinski definition) is 2. The first-order valence-corrected chi connectivity index (χ1v) is 6.89. The van der Waals surface area contributed by atoms with Crippen molar-refractivity contribution in [3.05, 3.63) is 64.1 Å². The molecule has 5 heteroatoms. The van der Waals surface area contributed by atoms with Crippen molar-refractivity contribution in [2.24, 2.45) is 5.73 Å². The Bertz CT molecular complexity index is 602. The molecule has 0 aromatic heterocycles. The van der Waals surface area contributed by atoms with E-state index in [2.05, 4.69) is 5.32 Å². The molecular formula is C15H14Cl2N2O. The van der Waals surface area contributed by atoms with Gasteiger partial charge in [-0.2, -0.15) is 0 Å². The van der Waals surface area contributed by atoms with E-state index in [0.29, 0.717) is 15.7 Å². The normalized spacial score (nSPS) is 11.9. The van der Waals surface area contributed by atoms with Crippen LogP contribution in [0.25, 0.3) is 0 Å². The summed E-state index contributed by atoms with van der Waals surface area (Å²) in [6.45, 7) is 0.216. The van der Waals surface area contributed by atoms with Crippen LogP contribution in [-0.4, -0.2) is 12.5 Å². The molecule has 20 heavy (non-hydrogen) atoms. The van der Waals surface area contributed by atoms with Crippen LogP contribution in [0, 0.1) is 0 Å². The Morgan fingerprint density at radius 3 is 2.45 bits per heavy atom. The standard InChI is InChI=1S/C15H14Cl2N2O/c16-12-7-4-8-13(14(12)17)19-15(20)11(9-18)10-5-2-1-3-6-10/h1-8,11H,9,18H2,(H,19,20). The molecule has 2 aromatic rings. The van der Waals surface area contributed by atoms with Crippen LogP contribution < -0.4 is 11.1 Å². The van der Waals surface area contributed by atoms with E-state index in [1.807, 2.05) is 30.3 Å². The SMILES string of the molecule is NCC(C(=O)Nc1cccc(Cl)c1Cl)c1ccccc1. The average molecular weight is 309 g/mol. The average Bonchev–Trinajstić information content (AvgIpc) is 2.46. The highest BCUT2D eigenvalue weighted by Gasteiger charge is 2.20. The summed E-state index contributed by atoms with van der Waals surface area (Å²) in [7, 11) is 0. The van der Waals surface area contributed by atoms with Crippen molar-refractivity contribution in [2.75, 3.05) is 11.9 Å². The van der Waals surface area contributed by atoms with Crippen molar-refractivity contribution in [1.29, 1.82) is 0 Å². The maximum absolute atomic E-state index is 12.3. The van der Waals surface area contributed by atoms with Crippen LogP contribution in [0.15, 0.2) is 48.5 Å². The van der Waals surface area contributed by atoms with E-state index in [0.717, 1.165) is 5.56 Å². The van der Waals surface area contributed by atoms with Gasteiger partial charge in [0.1, 0.15) is 0 Å². The van der Waals surface area contributed by atoms with Gasteiger partial charge in [-0.1, -0.05) is 59.6 Å². The minimum Gasteiger partial charge on any atom is -0.329 e. The predicted octanol–water partition coefficient (Wildman–Crippen LogP) is 3.67. The third-order valence-electron chi connectivity index (χ3n) is 2.96. The molecule has 1 amide bonds. The van der Waals surface area contributed by atoms with Gasteiger partial charge in [0, 0.05) is 6.54 Å². The lowest BCUT2D eigenvalue weighted by atomic mass is 9.98. The van der Waals surface area contributed by atoms with E-state index in [1.54, 1.807) is 18.2 Å². The number of nitrogens with two attached hydrogens (primary N) is 1. The molecule has 0 aliphatic rings. The molecule has 0 aliphatic carbocycles. The summed E-state index contributed by atoms with van der Waals surface area (Å²) in [5, 5.41) is 3.49. The van der Waals surface area contributed by atoms with E-state index in [4.69, 9.17) is 28.9 Å². The Morgan fingerprint density at radius 1 is 1.10 bits per heavy atom. The van der Waals surface area contributed by atoms with E-state index < -0.39 is 5.92 Å². The molecule has 0 saturated carbocycles. The van der Waals surface area contributed by atoms with Gasteiger partial charge < -0.3 is 11.1 Å². The number of rotatable bonds is 4. The first-order chi connectivity index (χ1) is 9.63. The highest BCUT2D eigenvalue weighted by atomic mass is 35.5. The van der Waals surface area contributed by atoms with Crippen LogP contribution in [0.5, 0.6) is 0 Å². The van der Waals surface area contributed by atoms with Crippen molar-refractivity contribution in [3.8, 4) is 0 Å². The fourth-order valence-corrected chi connectivity index (χ4v) is 2.25. The third-order valence-corrected chi connectivity index (χ3v) is 3.78. The number of anilines is 1. The first-order valence-electron chi connectivity index (χ1n) is 6.13. The number of carbonyl (C=O) groups is 1. The Balaban J connectivity index is 2.20. The van der Waals surface area contributed by atoms with Gasteiger partial charge in [0.25, 0.3) is 0 Å². The molecular weight excluding hydrogens is 295 g/mol. The first kappa shape index (κ1) is 14.9. The van der Waals surface area contributed by atoms with Crippen LogP contribution in [0.1, 0.15) is 11.5 Å². The van der Waals surface area contributed by atoms with Crippen molar-refractivity contribution < 1.29 is 4.79 Å². The maximum Gasteiger partial charge on any atom is 0.233 e. The second kappa shape index (κ2) is 6.75. The Hall–Kier alpha value is -1.55. The number of halogens is 2. The quantitative estimate of drug-likeness (QED) is 0.905. The molecule has 3 nitrogen and oxygen atoms in total. The molecule has 2 aromatic carbocycles. The summed E-state index contributed by atoms with van der Waals surface area (Å²) in [4.78, 5) is 12.3. The number of carbonyl (C=O) groups excluding carboxylic acids is 1. The molecule has 1 atom stereocenters. The van der Waals surface area contributed by atoms with Gasteiger partial charge in [0.15, 0.2) is 0 Å². The second-order valence-electron chi connectivity index (χ2n) is 4.29. The Labute approximate surface area is 127 Å². The molecule has 104 valence electrons. The molecule has 0 spiro atoms. The van der Waals surface area contributed by atoms with Crippen molar-refractivity contribution in [2.45, 2.75) is 5.92 Å². The van der Waals surface area contributed by atoms with Crippen LogP contribution in [-0.2, 0) is 4.79 Å². The molecule has 0 radical (unpaired) electrons. The van der Waals surface area contributed by atoms with Crippen LogP contribution in [0.3, 0.4) is 0 Å². The van der Waals surface area contributed by atoms with Crippen LogP contribution in [0.2, 0.25) is 10.0 Å². The van der Waals surface area contributed by atoms with Gasteiger partial charge in [0.05, 0.1) is 21.7 Å². The van der Waals surface area contributed by atoms with Crippen LogP contribution in [0.4, 0.5) is 5.69 Å². The van der Waals surface area contributed by atoms with Crippen molar-refractivity contribution in [1.82, 2.24) is 0 Å². The zero-order valence-corrected chi connectivity index (χ0v) is 12.2. The summed E-state index contributed by atoms with van der Waals surface area (Å²) >= 11 is 12.0. The number of hydrogen-bond acceptors (Lipinski definition) is 2. The van der Waals surface area contributed by atoms with Crippen molar-refractivity contribution in [3.63, 3.8) is 0 Å². The summed E-state index contributed by atoms with van der Waals surface area (Å²) in [6, 6.07) is 14.5. The highest BCUT2D eigenvalue weighted by molar-refractivity contribution is 6.44. The largest absolute Gasteiger partial charge is 0.329 e. The number of amides is 1. The van der Waals surface area contributed by atoms with Gasteiger partial charge in [0.2, 0.25) is 5.91 Å². The molecule has 0 saturated heterocycles. The topological polar surface area (TPSA) is 55.1 Å². The fourth-order valence-electron chi connectivity index (χ4n) is 1.90. The molecule has 0 fully saturated rings. The lowest BCUT2D eigenvalue weighted by Gasteiger charge is -2.16. The van der Waals surface area contributed by atoms with Gasteiger partial charge in [-0.25, -0.2) is 0 Å². The Morgan fingerprint density at radius 2 is 1.80 bits per heavy atom. The van der Waals surface area contributed by atoms with E-state index in [1.165, 1.54) is 0 Å².